The number of unbranched alkanes of at least 4 members (excludes halogenated alkanes) is 2. The van der Waals surface area contributed by atoms with E-state index in [1.807, 2.05) is 31.2 Å². The molecule has 0 aliphatic carbocycles. The average Bonchev–Trinajstić information content (AvgIpc) is 2.64. The Labute approximate surface area is 151 Å². The number of hydrogen-bond acceptors (Lipinski definition) is 3. The molecule has 0 radical (unpaired) electrons. The number of ether oxygens (including phenoxy) is 2. The van der Waals surface area contributed by atoms with E-state index in [4.69, 9.17) is 9.47 Å². The van der Waals surface area contributed by atoms with Crippen molar-refractivity contribution in [2.24, 2.45) is 0 Å². The molecule has 0 bridgehead atoms. The Balaban J connectivity index is 1.90. The van der Waals surface area contributed by atoms with Gasteiger partial charge in [-0.05, 0) is 68.1 Å². The molecule has 2 rings (SSSR count). The van der Waals surface area contributed by atoms with Crippen molar-refractivity contribution < 1.29 is 14.3 Å². The quantitative estimate of drug-likeness (QED) is 0.328. The molecule has 0 aliphatic heterocycles. The fourth-order valence-electron chi connectivity index (χ4n) is 2.45. The van der Waals surface area contributed by atoms with Crippen LogP contribution >= 0.6 is 0 Å². The Morgan fingerprint density at radius 1 is 0.920 bits per heavy atom. The normalized spacial score (nSPS) is 11.8. The Kier molecular flexibility index (Phi) is 7.52. The van der Waals surface area contributed by atoms with Gasteiger partial charge in [-0.15, -0.1) is 0 Å². The number of hydrogen-bond donors (Lipinski definition) is 0. The standard InChI is InChI=1S/C22H28O3/c1-4-6-7-8-18-9-13-21(14-10-18)25-22(23)19-11-15-20(16-12-19)24-17(3)5-2/h9-17H,4-8H2,1-3H3. The van der Waals surface area contributed by atoms with Crippen LogP contribution < -0.4 is 9.47 Å². The zero-order valence-corrected chi connectivity index (χ0v) is 15.5. The van der Waals surface area contributed by atoms with Crippen LogP contribution in [0.25, 0.3) is 0 Å². The van der Waals surface area contributed by atoms with Crippen LogP contribution in [0.4, 0.5) is 0 Å². The van der Waals surface area contributed by atoms with E-state index in [9.17, 15) is 4.79 Å². The molecule has 0 aromatic heterocycles. The van der Waals surface area contributed by atoms with Gasteiger partial charge in [0.15, 0.2) is 0 Å². The molecule has 0 fully saturated rings. The summed E-state index contributed by atoms with van der Waals surface area (Å²) in [7, 11) is 0. The first-order valence-corrected chi connectivity index (χ1v) is 9.20. The summed E-state index contributed by atoms with van der Waals surface area (Å²) in [4.78, 5) is 12.2. The van der Waals surface area contributed by atoms with Crippen LogP contribution in [0.1, 0.15) is 62.4 Å². The third kappa shape index (κ3) is 6.26. The predicted molar refractivity (Wildman–Crippen MR) is 101 cm³/mol. The van der Waals surface area contributed by atoms with Gasteiger partial charge < -0.3 is 9.47 Å². The van der Waals surface area contributed by atoms with Gasteiger partial charge in [0.2, 0.25) is 0 Å². The maximum absolute atomic E-state index is 12.2. The van der Waals surface area contributed by atoms with E-state index in [2.05, 4.69) is 13.8 Å². The number of carbonyl (C=O) groups excluding carboxylic acids is 1. The van der Waals surface area contributed by atoms with Crippen LogP contribution in [-0.2, 0) is 6.42 Å². The van der Waals surface area contributed by atoms with Crippen LogP contribution in [0.5, 0.6) is 11.5 Å². The molecule has 134 valence electrons. The van der Waals surface area contributed by atoms with Gasteiger partial charge >= 0.3 is 5.97 Å². The molecule has 1 atom stereocenters. The van der Waals surface area contributed by atoms with Crippen LogP contribution in [0, 0.1) is 0 Å². The minimum absolute atomic E-state index is 0.161. The Morgan fingerprint density at radius 3 is 2.16 bits per heavy atom. The number of esters is 1. The van der Waals surface area contributed by atoms with Gasteiger partial charge in [-0.1, -0.05) is 38.8 Å². The number of aryl methyl sites for hydroxylation is 1. The topological polar surface area (TPSA) is 35.5 Å². The lowest BCUT2D eigenvalue weighted by Gasteiger charge is -2.12. The van der Waals surface area contributed by atoms with Crippen molar-refractivity contribution in [2.45, 2.75) is 59.0 Å². The first-order valence-electron chi connectivity index (χ1n) is 9.20. The highest BCUT2D eigenvalue weighted by Crippen LogP contribution is 2.18. The summed E-state index contributed by atoms with van der Waals surface area (Å²) in [5.74, 6) is 0.986. The lowest BCUT2D eigenvalue weighted by molar-refractivity contribution is 0.0734. The summed E-state index contributed by atoms with van der Waals surface area (Å²) in [6.07, 6.45) is 5.83. The minimum Gasteiger partial charge on any atom is -0.491 e. The van der Waals surface area contributed by atoms with Crippen molar-refractivity contribution in [3.63, 3.8) is 0 Å². The largest absolute Gasteiger partial charge is 0.491 e. The van der Waals surface area contributed by atoms with E-state index < -0.39 is 0 Å². The van der Waals surface area contributed by atoms with E-state index in [1.165, 1.54) is 24.8 Å². The van der Waals surface area contributed by atoms with Gasteiger partial charge in [-0.3, -0.25) is 0 Å². The monoisotopic (exact) mass is 340 g/mol. The molecule has 0 aliphatic rings. The second kappa shape index (κ2) is 9.87. The highest BCUT2D eigenvalue weighted by molar-refractivity contribution is 5.91. The van der Waals surface area contributed by atoms with Gasteiger partial charge in [0.1, 0.15) is 11.5 Å². The first-order chi connectivity index (χ1) is 12.1. The molecule has 0 heterocycles. The van der Waals surface area contributed by atoms with Crippen molar-refractivity contribution in [1.29, 1.82) is 0 Å². The number of benzene rings is 2. The summed E-state index contributed by atoms with van der Waals surface area (Å²) in [6.45, 7) is 6.30. The summed E-state index contributed by atoms with van der Waals surface area (Å²) < 4.78 is 11.2. The third-order valence-electron chi connectivity index (χ3n) is 4.21. The van der Waals surface area contributed by atoms with Gasteiger partial charge in [0, 0.05) is 0 Å². The molecular formula is C22H28O3. The highest BCUT2D eigenvalue weighted by atomic mass is 16.5. The summed E-state index contributed by atoms with van der Waals surface area (Å²) in [5.41, 5.74) is 1.79. The van der Waals surface area contributed by atoms with Crippen molar-refractivity contribution in [2.75, 3.05) is 0 Å². The van der Waals surface area contributed by atoms with E-state index >= 15 is 0 Å². The van der Waals surface area contributed by atoms with Gasteiger partial charge in [-0.25, -0.2) is 4.79 Å². The average molecular weight is 340 g/mol. The molecule has 0 amide bonds. The first kappa shape index (κ1) is 19.0. The Hall–Kier alpha value is -2.29. The zero-order chi connectivity index (χ0) is 18.1. The van der Waals surface area contributed by atoms with Crippen LogP contribution in [0.2, 0.25) is 0 Å². The molecule has 3 heteroatoms. The number of rotatable bonds is 9. The maximum atomic E-state index is 12.2. The molecule has 2 aromatic rings. The molecule has 0 N–H and O–H groups in total. The van der Waals surface area contributed by atoms with Crippen molar-refractivity contribution >= 4 is 5.97 Å². The van der Waals surface area contributed by atoms with Crippen LogP contribution in [-0.4, -0.2) is 12.1 Å². The van der Waals surface area contributed by atoms with Crippen molar-refractivity contribution in [3.8, 4) is 11.5 Å². The lowest BCUT2D eigenvalue weighted by Crippen LogP contribution is -2.11. The van der Waals surface area contributed by atoms with E-state index in [-0.39, 0.29) is 12.1 Å². The van der Waals surface area contributed by atoms with E-state index in [1.54, 1.807) is 24.3 Å². The van der Waals surface area contributed by atoms with Gasteiger partial charge in [0.05, 0.1) is 11.7 Å². The molecule has 0 saturated heterocycles. The summed E-state index contributed by atoms with van der Waals surface area (Å²) in [5, 5.41) is 0. The molecule has 0 spiro atoms. The van der Waals surface area contributed by atoms with Gasteiger partial charge in [0.25, 0.3) is 0 Å². The highest BCUT2D eigenvalue weighted by Gasteiger charge is 2.09. The molecule has 2 aromatic carbocycles. The Morgan fingerprint density at radius 2 is 1.56 bits per heavy atom. The van der Waals surface area contributed by atoms with Crippen molar-refractivity contribution in [1.82, 2.24) is 0 Å². The third-order valence-corrected chi connectivity index (χ3v) is 4.21. The molecule has 3 nitrogen and oxygen atoms in total. The minimum atomic E-state index is -0.353. The van der Waals surface area contributed by atoms with Crippen LogP contribution in [0.15, 0.2) is 48.5 Å². The molecule has 0 saturated carbocycles. The molecule has 1 unspecified atom stereocenters. The zero-order valence-electron chi connectivity index (χ0n) is 15.5. The van der Waals surface area contributed by atoms with Gasteiger partial charge in [-0.2, -0.15) is 0 Å². The summed E-state index contributed by atoms with van der Waals surface area (Å²) >= 11 is 0. The van der Waals surface area contributed by atoms with E-state index in [0.29, 0.717) is 11.3 Å². The Bertz CT molecular complexity index is 644. The SMILES string of the molecule is CCCCCc1ccc(OC(=O)c2ccc(OC(C)CC)cc2)cc1. The number of carbonyl (C=O) groups is 1. The maximum Gasteiger partial charge on any atom is 0.343 e. The lowest BCUT2D eigenvalue weighted by atomic mass is 10.1. The molecular weight excluding hydrogens is 312 g/mol. The second-order valence-electron chi connectivity index (χ2n) is 6.35. The smallest absolute Gasteiger partial charge is 0.343 e. The summed E-state index contributed by atoms with van der Waals surface area (Å²) in [6, 6.07) is 14.9. The van der Waals surface area contributed by atoms with Crippen molar-refractivity contribution in [3.05, 3.63) is 59.7 Å². The van der Waals surface area contributed by atoms with Crippen LogP contribution in [0.3, 0.4) is 0 Å². The second-order valence-corrected chi connectivity index (χ2v) is 6.35. The molecule has 25 heavy (non-hydrogen) atoms. The predicted octanol–water partition coefficient (Wildman–Crippen LogP) is 5.82. The fraction of sp³-hybridized carbons (Fsp3) is 0.409. The van der Waals surface area contributed by atoms with E-state index in [0.717, 1.165) is 18.6 Å². The fourth-order valence-corrected chi connectivity index (χ4v) is 2.45.